The van der Waals surface area contributed by atoms with Crippen molar-refractivity contribution in [2.75, 3.05) is 25.2 Å². The number of aromatic nitrogens is 3. The number of fused-ring (bicyclic) bond motifs is 1. The number of nitrogens with one attached hydrogen (secondary N) is 1. The van der Waals surface area contributed by atoms with Crippen LogP contribution in [-0.2, 0) is 11.3 Å². The van der Waals surface area contributed by atoms with Gasteiger partial charge in [-0.3, -0.25) is 9.69 Å². The first-order valence-electron chi connectivity index (χ1n) is 11.0. The van der Waals surface area contributed by atoms with E-state index in [1.807, 2.05) is 56.6 Å². The van der Waals surface area contributed by atoms with Crippen LogP contribution in [0.4, 0.5) is 5.69 Å². The molecular weight excluding hydrogens is 448 g/mol. The highest BCUT2D eigenvalue weighted by molar-refractivity contribution is 7.99. The van der Waals surface area contributed by atoms with Crippen LogP contribution in [0.5, 0.6) is 0 Å². The van der Waals surface area contributed by atoms with E-state index < -0.39 is 0 Å². The summed E-state index contributed by atoms with van der Waals surface area (Å²) < 4.78 is 7.63. The summed E-state index contributed by atoms with van der Waals surface area (Å²) in [5.74, 6) is 0.831. The minimum atomic E-state index is -0.247. The molecule has 4 rings (SSSR count). The number of anilines is 1. The third-order valence-electron chi connectivity index (χ3n) is 5.53. The summed E-state index contributed by atoms with van der Waals surface area (Å²) in [4.78, 5) is 14.9. The largest absolute Gasteiger partial charge is 0.443 e. The Balaban J connectivity index is 1.55. The molecule has 1 N–H and O–H groups in total. The number of hydrogen-bond donors (Lipinski definition) is 1. The zero-order valence-electron chi connectivity index (χ0n) is 19.4. The van der Waals surface area contributed by atoms with Gasteiger partial charge >= 0.3 is 0 Å². The van der Waals surface area contributed by atoms with E-state index in [0.717, 1.165) is 17.8 Å². The molecule has 0 aliphatic carbocycles. The highest BCUT2D eigenvalue weighted by Gasteiger charge is 2.23. The number of para-hydroxylation sites is 1. The topological polar surface area (TPSA) is 100.0 Å². The number of furan rings is 1. The fourth-order valence-corrected chi connectivity index (χ4v) is 4.65. The predicted octanol–water partition coefficient (Wildman–Crippen LogP) is 4.69. The van der Waals surface area contributed by atoms with Gasteiger partial charge < -0.3 is 14.3 Å². The molecule has 1 amide bonds. The van der Waals surface area contributed by atoms with E-state index in [-0.39, 0.29) is 23.5 Å². The first-order valence-corrected chi connectivity index (χ1v) is 12.0. The monoisotopic (exact) mass is 474 g/mol. The second kappa shape index (κ2) is 10.5. The highest BCUT2D eigenvalue weighted by Crippen LogP contribution is 2.31. The van der Waals surface area contributed by atoms with Crippen LogP contribution in [0.1, 0.15) is 36.5 Å². The van der Waals surface area contributed by atoms with Crippen molar-refractivity contribution in [1.82, 2.24) is 19.7 Å². The molecule has 2 aromatic carbocycles. The second-order valence-electron chi connectivity index (χ2n) is 8.05. The molecule has 0 fully saturated rings. The number of carbonyl (C=O) groups excluding carboxylic acids is 1. The maximum absolute atomic E-state index is 12.8. The minimum absolute atomic E-state index is 0.0888. The van der Waals surface area contributed by atoms with E-state index in [1.165, 1.54) is 11.8 Å². The minimum Gasteiger partial charge on any atom is -0.443 e. The van der Waals surface area contributed by atoms with Crippen molar-refractivity contribution in [2.45, 2.75) is 31.1 Å². The zero-order valence-corrected chi connectivity index (χ0v) is 20.2. The fourth-order valence-electron chi connectivity index (χ4n) is 3.90. The van der Waals surface area contributed by atoms with Crippen LogP contribution in [0.3, 0.4) is 0 Å². The van der Waals surface area contributed by atoms with Crippen molar-refractivity contribution >= 4 is 34.3 Å². The summed E-state index contributed by atoms with van der Waals surface area (Å²) in [6.45, 7) is 2.73. The average molecular weight is 475 g/mol. The lowest BCUT2D eigenvalue weighted by atomic mass is 10.2. The van der Waals surface area contributed by atoms with Gasteiger partial charge in [0.2, 0.25) is 11.7 Å². The summed E-state index contributed by atoms with van der Waals surface area (Å²) in [5, 5.41) is 22.5. The fraction of sp³-hybridized carbons (Fsp3) is 0.280. The van der Waals surface area contributed by atoms with Crippen LogP contribution in [0.25, 0.3) is 11.0 Å². The van der Waals surface area contributed by atoms with Crippen molar-refractivity contribution in [3.63, 3.8) is 0 Å². The van der Waals surface area contributed by atoms with Crippen LogP contribution < -0.4 is 5.32 Å². The van der Waals surface area contributed by atoms with E-state index in [4.69, 9.17) is 4.42 Å². The Labute approximate surface area is 202 Å². The Hall–Kier alpha value is -3.61. The highest BCUT2D eigenvalue weighted by atomic mass is 32.2. The number of rotatable bonds is 9. The normalized spacial score (nSPS) is 12.1. The first kappa shape index (κ1) is 23.5. The van der Waals surface area contributed by atoms with Crippen molar-refractivity contribution < 1.29 is 9.21 Å². The molecule has 4 aromatic rings. The summed E-state index contributed by atoms with van der Waals surface area (Å²) >= 11 is 1.32. The summed E-state index contributed by atoms with van der Waals surface area (Å²) in [6, 6.07) is 19.5. The molecule has 2 heterocycles. The number of hydrogen-bond acceptors (Lipinski definition) is 7. The molecule has 0 spiro atoms. The van der Waals surface area contributed by atoms with Gasteiger partial charge in [0.05, 0.1) is 18.3 Å². The molecular formula is C25H26N6O2S. The molecule has 34 heavy (non-hydrogen) atoms. The lowest BCUT2D eigenvalue weighted by Crippen LogP contribution is -2.23. The number of nitriles is 1. The van der Waals surface area contributed by atoms with Crippen molar-refractivity contribution in [2.24, 2.45) is 0 Å². The van der Waals surface area contributed by atoms with Crippen LogP contribution in [-0.4, -0.2) is 45.4 Å². The molecule has 174 valence electrons. The van der Waals surface area contributed by atoms with E-state index in [2.05, 4.69) is 44.0 Å². The maximum Gasteiger partial charge on any atom is 0.234 e. The van der Waals surface area contributed by atoms with Gasteiger partial charge in [0, 0.05) is 5.39 Å². The maximum atomic E-state index is 12.8. The summed E-state index contributed by atoms with van der Waals surface area (Å²) in [6.07, 6.45) is 0.885. The van der Waals surface area contributed by atoms with Gasteiger partial charge in [-0.05, 0) is 38.2 Å². The van der Waals surface area contributed by atoms with Gasteiger partial charge in [0.25, 0.3) is 0 Å². The Morgan fingerprint density at radius 3 is 2.62 bits per heavy atom. The van der Waals surface area contributed by atoms with Crippen molar-refractivity contribution in [3.8, 4) is 6.07 Å². The molecule has 0 saturated heterocycles. The molecule has 1 atom stereocenters. The molecule has 8 nitrogen and oxygen atoms in total. The third-order valence-corrected chi connectivity index (χ3v) is 6.50. The van der Waals surface area contributed by atoms with Crippen molar-refractivity contribution in [1.29, 1.82) is 5.26 Å². The number of thioether (sulfide) groups is 1. The zero-order chi connectivity index (χ0) is 24.1. The quantitative estimate of drug-likeness (QED) is 0.351. The van der Waals surface area contributed by atoms with Gasteiger partial charge in [-0.1, -0.05) is 61.2 Å². The Morgan fingerprint density at radius 2 is 1.91 bits per heavy atom. The van der Waals surface area contributed by atoms with Crippen LogP contribution in [0.2, 0.25) is 0 Å². The number of benzene rings is 2. The number of nitrogens with zero attached hydrogens (tertiary/aromatic N) is 5. The average Bonchev–Trinajstić information content (AvgIpc) is 3.40. The molecule has 0 aliphatic rings. The molecule has 1 unspecified atom stereocenters. The Kier molecular flexibility index (Phi) is 7.30. The van der Waals surface area contributed by atoms with Gasteiger partial charge in [-0.15, -0.1) is 10.2 Å². The molecule has 0 bridgehead atoms. The van der Waals surface area contributed by atoms with Gasteiger partial charge in [0.1, 0.15) is 17.3 Å². The van der Waals surface area contributed by atoms with E-state index in [1.54, 1.807) is 6.07 Å². The van der Waals surface area contributed by atoms with Crippen LogP contribution in [0.15, 0.2) is 64.2 Å². The summed E-state index contributed by atoms with van der Waals surface area (Å²) in [7, 11) is 4.05. The second-order valence-corrected chi connectivity index (χ2v) is 8.99. The smallest absolute Gasteiger partial charge is 0.234 e. The van der Waals surface area contributed by atoms with Gasteiger partial charge in [-0.25, -0.2) is 0 Å². The molecule has 9 heteroatoms. The lowest BCUT2D eigenvalue weighted by Gasteiger charge is -2.23. The molecule has 2 aromatic heterocycles. The van der Waals surface area contributed by atoms with E-state index >= 15 is 0 Å². The molecule has 0 radical (unpaired) electrons. The third kappa shape index (κ3) is 4.98. The first-order chi connectivity index (χ1) is 16.5. The Bertz CT molecular complexity index is 1320. The summed E-state index contributed by atoms with van der Waals surface area (Å²) in [5.41, 5.74) is 2.09. The van der Waals surface area contributed by atoms with Gasteiger partial charge in [-0.2, -0.15) is 5.26 Å². The van der Waals surface area contributed by atoms with Gasteiger partial charge in [0.15, 0.2) is 11.0 Å². The molecule has 0 saturated carbocycles. The van der Waals surface area contributed by atoms with Crippen LogP contribution >= 0.6 is 11.8 Å². The standard InChI is InChI=1S/C25H26N6O2S/c1-4-19(30(2)3)24-28-29-25(31(24)15-17-10-6-5-7-11-17)34-16-22(32)27-23-18-12-8-9-13-20(18)33-21(23)14-26/h5-13,19H,4,15-16H2,1-3H3,(H,27,32). The van der Waals surface area contributed by atoms with E-state index in [0.29, 0.717) is 28.4 Å². The van der Waals surface area contributed by atoms with Crippen LogP contribution in [0, 0.1) is 11.3 Å². The number of amides is 1. The molecule has 0 aliphatic heterocycles. The number of carbonyl (C=O) groups is 1. The van der Waals surface area contributed by atoms with Crippen molar-refractivity contribution in [3.05, 3.63) is 71.7 Å². The van der Waals surface area contributed by atoms with E-state index in [9.17, 15) is 10.1 Å². The lowest BCUT2D eigenvalue weighted by molar-refractivity contribution is -0.113. The SMILES string of the molecule is CCC(c1nnc(SCC(=O)Nc2c(C#N)oc3ccccc23)n1Cc1ccccc1)N(C)C. The predicted molar refractivity (Wildman–Crippen MR) is 133 cm³/mol. The Morgan fingerprint density at radius 1 is 1.18 bits per heavy atom.